The van der Waals surface area contributed by atoms with E-state index in [1.807, 2.05) is 0 Å². The van der Waals surface area contributed by atoms with E-state index in [0.29, 0.717) is 11.0 Å². The molecule has 7 heteroatoms. The fourth-order valence-corrected chi connectivity index (χ4v) is 2.59. The first-order chi connectivity index (χ1) is 9.09. The molecule has 0 aliphatic carbocycles. The standard InChI is InChI=1S/C12H14BrN3O3/c13-11-8(3-1-5-10(11)16(18)19)7-15-9-4-2-6-14-12(9)17/h1,3,5,9,15H,2,4,6-7H2,(H,14,17). The summed E-state index contributed by atoms with van der Waals surface area (Å²) in [5.74, 6) is -0.00666. The molecule has 1 atom stereocenters. The highest BCUT2D eigenvalue weighted by atomic mass is 79.9. The largest absolute Gasteiger partial charge is 0.355 e. The van der Waals surface area contributed by atoms with Crippen LogP contribution in [0.2, 0.25) is 0 Å². The molecule has 102 valence electrons. The monoisotopic (exact) mass is 327 g/mol. The molecule has 2 N–H and O–H groups in total. The second-order valence-electron chi connectivity index (χ2n) is 4.37. The van der Waals surface area contributed by atoms with Gasteiger partial charge in [0.2, 0.25) is 5.91 Å². The number of benzene rings is 1. The summed E-state index contributed by atoms with van der Waals surface area (Å²) in [6.45, 7) is 1.14. The van der Waals surface area contributed by atoms with E-state index in [4.69, 9.17) is 0 Å². The van der Waals surface area contributed by atoms with E-state index in [9.17, 15) is 14.9 Å². The van der Waals surface area contributed by atoms with Crippen molar-refractivity contribution in [3.05, 3.63) is 38.3 Å². The van der Waals surface area contributed by atoms with Gasteiger partial charge in [0.1, 0.15) is 0 Å². The average molecular weight is 328 g/mol. The summed E-state index contributed by atoms with van der Waals surface area (Å²) in [6, 6.07) is 4.66. The van der Waals surface area contributed by atoms with Gasteiger partial charge in [-0.05, 0) is 34.3 Å². The van der Waals surface area contributed by atoms with Crippen LogP contribution in [0.15, 0.2) is 22.7 Å². The number of nitro benzene ring substituents is 1. The van der Waals surface area contributed by atoms with Crippen molar-refractivity contribution < 1.29 is 9.72 Å². The zero-order valence-corrected chi connectivity index (χ0v) is 11.8. The van der Waals surface area contributed by atoms with Crippen LogP contribution in [0.25, 0.3) is 0 Å². The molecular weight excluding hydrogens is 314 g/mol. The van der Waals surface area contributed by atoms with Crippen molar-refractivity contribution in [3.8, 4) is 0 Å². The number of carbonyl (C=O) groups is 1. The number of hydrogen-bond acceptors (Lipinski definition) is 4. The minimum absolute atomic E-state index is 0.00666. The normalized spacial score (nSPS) is 19.0. The van der Waals surface area contributed by atoms with Crippen LogP contribution >= 0.6 is 15.9 Å². The fourth-order valence-electron chi connectivity index (χ4n) is 2.04. The quantitative estimate of drug-likeness (QED) is 0.651. The first kappa shape index (κ1) is 14.0. The van der Waals surface area contributed by atoms with Gasteiger partial charge in [0.15, 0.2) is 0 Å². The van der Waals surface area contributed by atoms with Crippen molar-refractivity contribution in [2.24, 2.45) is 0 Å². The summed E-state index contributed by atoms with van der Waals surface area (Å²) >= 11 is 3.24. The van der Waals surface area contributed by atoms with Crippen LogP contribution in [0.4, 0.5) is 5.69 Å². The highest BCUT2D eigenvalue weighted by Crippen LogP contribution is 2.28. The lowest BCUT2D eigenvalue weighted by atomic mass is 10.1. The SMILES string of the molecule is O=C1NCCCC1NCc1cccc([N+](=O)[O-])c1Br. The molecule has 1 unspecified atom stereocenters. The maximum absolute atomic E-state index is 11.6. The molecule has 19 heavy (non-hydrogen) atoms. The number of carbonyl (C=O) groups excluding carboxylic acids is 1. The van der Waals surface area contributed by atoms with Crippen LogP contribution in [-0.4, -0.2) is 23.4 Å². The van der Waals surface area contributed by atoms with E-state index >= 15 is 0 Å². The Hall–Kier alpha value is -1.47. The molecule has 1 aromatic rings. The van der Waals surface area contributed by atoms with Gasteiger partial charge in [-0.1, -0.05) is 12.1 Å². The molecule has 0 aromatic heterocycles. The van der Waals surface area contributed by atoms with Gasteiger partial charge >= 0.3 is 0 Å². The summed E-state index contributed by atoms with van der Waals surface area (Å²) in [5.41, 5.74) is 0.806. The molecule has 1 amide bonds. The van der Waals surface area contributed by atoms with Gasteiger partial charge in [0, 0.05) is 19.2 Å². The smallest absolute Gasteiger partial charge is 0.283 e. The van der Waals surface area contributed by atoms with E-state index in [0.717, 1.165) is 24.9 Å². The van der Waals surface area contributed by atoms with E-state index in [-0.39, 0.29) is 17.6 Å². The van der Waals surface area contributed by atoms with Gasteiger partial charge < -0.3 is 10.6 Å². The molecule has 1 saturated heterocycles. The Bertz CT molecular complexity index is 507. The minimum atomic E-state index is -0.430. The molecule has 1 aliphatic heterocycles. The van der Waals surface area contributed by atoms with Gasteiger partial charge in [-0.3, -0.25) is 14.9 Å². The number of nitro groups is 1. The Balaban J connectivity index is 2.05. The number of rotatable bonds is 4. The molecule has 1 fully saturated rings. The Labute approximate surface area is 118 Å². The number of nitrogens with zero attached hydrogens (tertiary/aromatic N) is 1. The molecule has 0 saturated carbocycles. The lowest BCUT2D eigenvalue weighted by molar-refractivity contribution is -0.385. The van der Waals surface area contributed by atoms with Gasteiger partial charge in [0.25, 0.3) is 5.69 Å². The molecule has 0 radical (unpaired) electrons. The number of halogens is 1. The molecule has 0 spiro atoms. The summed E-state index contributed by atoms with van der Waals surface area (Å²) in [7, 11) is 0. The van der Waals surface area contributed by atoms with Gasteiger partial charge in [-0.25, -0.2) is 0 Å². The van der Waals surface area contributed by atoms with Crippen LogP contribution < -0.4 is 10.6 Å². The molecule has 1 heterocycles. The van der Waals surface area contributed by atoms with E-state index in [1.165, 1.54) is 6.07 Å². The van der Waals surface area contributed by atoms with Crippen molar-refractivity contribution in [2.75, 3.05) is 6.54 Å². The Morgan fingerprint density at radius 3 is 3.00 bits per heavy atom. The van der Waals surface area contributed by atoms with Crippen molar-refractivity contribution >= 4 is 27.5 Å². The average Bonchev–Trinajstić information content (AvgIpc) is 2.39. The Morgan fingerprint density at radius 2 is 2.32 bits per heavy atom. The highest BCUT2D eigenvalue weighted by molar-refractivity contribution is 9.10. The van der Waals surface area contributed by atoms with E-state index in [2.05, 4.69) is 26.6 Å². The van der Waals surface area contributed by atoms with Crippen LogP contribution in [0.3, 0.4) is 0 Å². The van der Waals surface area contributed by atoms with Crippen LogP contribution in [0, 0.1) is 10.1 Å². The second kappa shape index (κ2) is 6.12. The van der Waals surface area contributed by atoms with Crippen molar-refractivity contribution in [1.29, 1.82) is 0 Å². The number of nitrogens with one attached hydrogen (secondary N) is 2. The Morgan fingerprint density at radius 1 is 1.53 bits per heavy atom. The number of amides is 1. The van der Waals surface area contributed by atoms with Crippen molar-refractivity contribution in [2.45, 2.75) is 25.4 Å². The maximum atomic E-state index is 11.6. The van der Waals surface area contributed by atoms with E-state index in [1.54, 1.807) is 12.1 Å². The predicted molar refractivity (Wildman–Crippen MR) is 73.7 cm³/mol. The molecule has 6 nitrogen and oxygen atoms in total. The van der Waals surface area contributed by atoms with Gasteiger partial charge in [0.05, 0.1) is 15.4 Å². The second-order valence-corrected chi connectivity index (χ2v) is 5.17. The molecule has 2 rings (SSSR count). The van der Waals surface area contributed by atoms with Crippen molar-refractivity contribution in [3.63, 3.8) is 0 Å². The molecule has 1 aliphatic rings. The molecule has 1 aromatic carbocycles. The molecule has 0 bridgehead atoms. The van der Waals surface area contributed by atoms with E-state index < -0.39 is 4.92 Å². The third-order valence-corrected chi connectivity index (χ3v) is 3.99. The Kier molecular flexibility index (Phi) is 4.49. The first-order valence-corrected chi connectivity index (χ1v) is 6.82. The first-order valence-electron chi connectivity index (χ1n) is 6.02. The topological polar surface area (TPSA) is 84.3 Å². The zero-order chi connectivity index (χ0) is 13.8. The minimum Gasteiger partial charge on any atom is -0.355 e. The summed E-state index contributed by atoms with van der Waals surface area (Å²) in [6.07, 6.45) is 1.73. The third-order valence-electron chi connectivity index (χ3n) is 3.08. The number of hydrogen-bond donors (Lipinski definition) is 2. The predicted octanol–water partition coefficient (Wildman–Crippen LogP) is 1.73. The summed E-state index contributed by atoms with van der Waals surface area (Å²) < 4.78 is 0.462. The van der Waals surface area contributed by atoms with Gasteiger partial charge in [-0.2, -0.15) is 0 Å². The lowest BCUT2D eigenvalue weighted by Crippen LogP contribution is -2.47. The maximum Gasteiger partial charge on any atom is 0.283 e. The van der Waals surface area contributed by atoms with Gasteiger partial charge in [-0.15, -0.1) is 0 Å². The summed E-state index contributed by atoms with van der Waals surface area (Å²) in [4.78, 5) is 22.0. The third kappa shape index (κ3) is 3.30. The molecular formula is C12H14BrN3O3. The van der Waals surface area contributed by atoms with Crippen LogP contribution in [-0.2, 0) is 11.3 Å². The zero-order valence-electron chi connectivity index (χ0n) is 10.2. The van der Waals surface area contributed by atoms with Crippen LogP contribution in [0.1, 0.15) is 18.4 Å². The summed E-state index contributed by atoms with van der Waals surface area (Å²) in [5, 5.41) is 16.7. The fraction of sp³-hybridized carbons (Fsp3) is 0.417. The van der Waals surface area contributed by atoms with Crippen molar-refractivity contribution in [1.82, 2.24) is 10.6 Å². The van der Waals surface area contributed by atoms with Crippen LogP contribution in [0.5, 0.6) is 0 Å². The highest BCUT2D eigenvalue weighted by Gasteiger charge is 2.22. The lowest BCUT2D eigenvalue weighted by Gasteiger charge is -2.23. The number of piperidine rings is 1.